The lowest BCUT2D eigenvalue weighted by Gasteiger charge is -2.45. The van der Waals surface area contributed by atoms with Gasteiger partial charge in [0.15, 0.2) is 0 Å². The van der Waals surface area contributed by atoms with Crippen molar-refractivity contribution in [2.24, 2.45) is 11.7 Å². The van der Waals surface area contributed by atoms with Gasteiger partial charge in [0.05, 0.1) is 17.0 Å². The Labute approximate surface area is 119 Å². The molecule has 4 unspecified atom stereocenters. The molecule has 1 saturated heterocycles. The molecule has 1 heterocycles. The molecule has 110 valence electrons. The summed E-state index contributed by atoms with van der Waals surface area (Å²) in [5.74, 6) is 0.293. The van der Waals surface area contributed by atoms with Crippen LogP contribution in [0.15, 0.2) is 23.1 Å². The average Bonchev–Trinajstić information content (AvgIpc) is 2.84. The molecule has 0 radical (unpaired) electrons. The number of hydrogen-bond donors (Lipinski definition) is 2. The maximum Gasteiger partial charge on any atom is 0.241 e. The summed E-state index contributed by atoms with van der Waals surface area (Å²) in [5.41, 5.74) is 7.71. The Bertz CT molecular complexity index is 629. The van der Waals surface area contributed by atoms with Crippen molar-refractivity contribution in [3.63, 3.8) is 0 Å². The smallest absolute Gasteiger partial charge is 0.241 e. The number of hydrogen-bond acceptors (Lipinski definition) is 4. The Balaban J connectivity index is 1.84. The topological polar surface area (TPSA) is 81.4 Å². The van der Waals surface area contributed by atoms with Gasteiger partial charge >= 0.3 is 0 Å². The summed E-state index contributed by atoms with van der Waals surface area (Å²) in [7, 11) is -3.56. The Hall–Kier alpha value is -0.950. The van der Waals surface area contributed by atoms with Gasteiger partial charge in [-0.3, -0.25) is 0 Å². The summed E-state index contributed by atoms with van der Waals surface area (Å²) in [6.07, 6.45) is 0.859. The van der Waals surface area contributed by atoms with Gasteiger partial charge in [-0.05, 0) is 37.5 Å². The van der Waals surface area contributed by atoms with E-state index >= 15 is 0 Å². The number of fused-ring (bicyclic) bond motifs is 1. The lowest BCUT2D eigenvalue weighted by Crippen LogP contribution is -2.68. The zero-order valence-corrected chi connectivity index (χ0v) is 12.5. The standard InChI is InChI=1S/C14H20N2O3S/c1-8-3-4-9(2)11(7-8)20(17,18)16-13-12(15)10-5-6-19-14(10)13/h3-4,7,10,12-14,16H,5-6,15H2,1-2H3. The summed E-state index contributed by atoms with van der Waals surface area (Å²) in [5, 5.41) is 0. The normalized spacial score (nSPS) is 32.8. The first-order valence-electron chi connectivity index (χ1n) is 6.87. The van der Waals surface area contributed by atoms with Crippen molar-refractivity contribution >= 4 is 10.0 Å². The fourth-order valence-electron chi connectivity index (χ4n) is 3.13. The van der Waals surface area contributed by atoms with Gasteiger partial charge in [0, 0.05) is 18.6 Å². The molecule has 20 heavy (non-hydrogen) atoms. The number of rotatable bonds is 3. The maximum absolute atomic E-state index is 12.5. The molecule has 0 spiro atoms. The third-order valence-electron chi connectivity index (χ3n) is 4.37. The van der Waals surface area contributed by atoms with Crippen molar-refractivity contribution in [3.05, 3.63) is 29.3 Å². The maximum atomic E-state index is 12.5. The van der Waals surface area contributed by atoms with Crippen LogP contribution in [0.5, 0.6) is 0 Å². The van der Waals surface area contributed by atoms with Crippen molar-refractivity contribution in [2.75, 3.05) is 6.61 Å². The summed E-state index contributed by atoms with van der Waals surface area (Å²) in [6, 6.07) is 4.95. The molecule has 1 saturated carbocycles. The monoisotopic (exact) mass is 296 g/mol. The molecule has 6 heteroatoms. The van der Waals surface area contributed by atoms with E-state index in [9.17, 15) is 8.42 Å². The second-order valence-electron chi connectivity index (χ2n) is 5.78. The summed E-state index contributed by atoms with van der Waals surface area (Å²) in [4.78, 5) is 0.325. The quantitative estimate of drug-likeness (QED) is 0.860. The van der Waals surface area contributed by atoms with Crippen molar-refractivity contribution in [1.29, 1.82) is 0 Å². The second-order valence-corrected chi connectivity index (χ2v) is 7.46. The van der Waals surface area contributed by atoms with E-state index < -0.39 is 10.0 Å². The van der Waals surface area contributed by atoms with E-state index in [0.29, 0.717) is 17.4 Å². The number of nitrogens with two attached hydrogens (primary N) is 1. The number of aryl methyl sites for hydroxylation is 2. The van der Waals surface area contributed by atoms with Crippen molar-refractivity contribution in [1.82, 2.24) is 4.72 Å². The Morgan fingerprint density at radius 2 is 2.10 bits per heavy atom. The SMILES string of the molecule is Cc1ccc(C)c(S(=O)(=O)NC2C(N)C3CCOC32)c1. The molecule has 5 nitrogen and oxygen atoms in total. The van der Waals surface area contributed by atoms with E-state index in [1.165, 1.54) is 0 Å². The Morgan fingerprint density at radius 1 is 1.35 bits per heavy atom. The van der Waals surface area contributed by atoms with Gasteiger partial charge < -0.3 is 10.5 Å². The summed E-state index contributed by atoms with van der Waals surface area (Å²) < 4.78 is 33.3. The predicted octanol–water partition coefficient (Wildman–Crippen LogP) is 0.696. The largest absolute Gasteiger partial charge is 0.376 e. The van der Waals surface area contributed by atoms with Crippen LogP contribution in [-0.4, -0.2) is 33.2 Å². The fourth-order valence-corrected chi connectivity index (χ4v) is 4.74. The average molecular weight is 296 g/mol. The summed E-state index contributed by atoms with van der Waals surface area (Å²) >= 11 is 0. The van der Waals surface area contributed by atoms with Crippen LogP contribution in [0.4, 0.5) is 0 Å². The van der Waals surface area contributed by atoms with Crippen LogP contribution < -0.4 is 10.5 Å². The Morgan fingerprint density at radius 3 is 2.85 bits per heavy atom. The van der Waals surface area contributed by atoms with Crippen LogP contribution >= 0.6 is 0 Å². The van der Waals surface area contributed by atoms with Gasteiger partial charge in [-0.25, -0.2) is 13.1 Å². The highest BCUT2D eigenvalue weighted by molar-refractivity contribution is 7.89. The van der Waals surface area contributed by atoms with Crippen molar-refractivity contribution in [2.45, 2.75) is 43.4 Å². The molecular weight excluding hydrogens is 276 g/mol. The third kappa shape index (κ3) is 2.16. The number of nitrogens with one attached hydrogen (secondary N) is 1. The van der Waals surface area contributed by atoms with Gasteiger partial charge in [0.2, 0.25) is 10.0 Å². The first-order valence-corrected chi connectivity index (χ1v) is 8.35. The van der Waals surface area contributed by atoms with Gasteiger partial charge in [-0.1, -0.05) is 12.1 Å². The fraction of sp³-hybridized carbons (Fsp3) is 0.571. The minimum atomic E-state index is -3.56. The van der Waals surface area contributed by atoms with Crippen LogP contribution in [-0.2, 0) is 14.8 Å². The van der Waals surface area contributed by atoms with E-state index in [0.717, 1.165) is 17.5 Å². The number of benzene rings is 1. The van der Waals surface area contributed by atoms with E-state index in [-0.39, 0.29) is 18.2 Å². The highest BCUT2D eigenvalue weighted by Crippen LogP contribution is 2.38. The van der Waals surface area contributed by atoms with Crippen molar-refractivity contribution < 1.29 is 13.2 Å². The van der Waals surface area contributed by atoms with E-state index in [1.54, 1.807) is 13.0 Å². The van der Waals surface area contributed by atoms with Crippen LogP contribution in [0.2, 0.25) is 0 Å². The molecule has 0 amide bonds. The molecule has 2 fully saturated rings. The van der Waals surface area contributed by atoms with E-state index in [2.05, 4.69) is 4.72 Å². The zero-order chi connectivity index (χ0) is 14.5. The highest BCUT2D eigenvalue weighted by atomic mass is 32.2. The van der Waals surface area contributed by atoms with Gasteiger partial charge in [-0.15, -0.1) is 0 Å². The molecule has 1 aromatic rings. The molecule has 0 bridgehead atoms. The first-order chi connectivity index (χ1) is 9.40. The Kier molecular flexibility index (Phi) is 3.36. The molecule has 4 atom stereocenters. The van der Waals surface area contributed by atoms with Gasteiger partial charge in [-0.2, -0.15) is 0 Å². The molecule has 0 aromatic heterocycles. The molecule has 1 aromatic carbocycles. The number of ether oxygens (including phenoxy) is 1. The van der Waals surface area contributed by atoms with Gasteiger partial charge in [0.1, 0.15) is 0 Å². The predicted molar refractivity (Wildman–Crippen MR) is 75.8 cm³/mol. The lowest BCUT2D eigenvalue weighted by atomic mass is 9.73. The molecule has 1 aliphatic heterocycles. The zero-order valence-electron chi connectivity index (χ0n) is 11.7. The molecular formula is C14H20N2O3S. The van der Waals surface area contributed by atoms with E-state index in [1.807, 2.05) is 19.1 Å². The molecule has 3 rings (SSSR count). The third-order valence-corrected chi connectivity index (χ3v) is 5.97. The van der Waals surface area contributed by atoms with E-state index in [4.69, 9.17) is 10.5 Å². The highest BCUT2D eigenvalue weighted by Gasteiger charge is 2.53. The van der Waals surface area contributed by atoms with Crippen LogP contribution in [0.3, 0.4) is 0 Å². The minimum absolute atomic E-state index is 0.0649. The molecule has 2 aliphatic rings. The number of sulfonamides is 1. The first kappa shape index (κ1) is 14.0. The minimum Gasteiger partial charge on any atom is -0.376 e. The second kappa shape index (κ2) is 4.80. The van der Waals surface area contributed by atoms with Crippen LogP contribution in [0, 0.1) is 19.8 Å². The van der Waals surface area contributed by atoms with Crippen LogP contribution in [0.25, 0.3) is 0 Å². The molecule has 1 aliphatic carbocycles. The van der Waals surface area contributed by atoms with Crippen LogP contribution in [0.1, 0.15) is 17.5 Å². The molecule has 3 N–H and O–H groups in total. The summed E-state index contributed by atoms with van der Waals surface area (Å²) in [6.45, 7) is 4.35. The van der Waals surface area contributed by atoms with Crippen molar-refractivity contribution in [3.8, 4) is 0 Å². The lowest BCUT2D eigenvalue weighted by molar-refractivity contribution is -0.00924. The van der Waals surface area contributed by atoms with Gasteiger partial charge in [0.25, 0.3) is 0 Å².